The van der Waals surface area contributed by atoms with Gasteiger partial charge in [0.15, 0.2) is 0 Å². The standard InChI is InChI=1S/C7H14N2O/c1-2-4-9-5-3-6(9)7(8)10/h6H,2-5H2,1H3,(H2,8,10). The van der Waals surface area contributed by atoms with E-state index in [0.29, 0.717) is 0 Å². The van der Waals surface area contributed by atoms with E-state index in [9.17, 15) is 4.79 Å². The number of nitrogens with zero attached hydrogens (tertiary/aromatic N) is 1. The van der Waals surface area contributed by atoms with Gasteiger partial charge in [-0.05, 0) is 19.4 Å². The first-order valence-corrected chi connectivity index (χ1v) is 3.79. The number of rotatable bonds is 3. The largest absolute Gasteiger partial charge is 0.368 e. The fourth-order valence-electron chi connectivity index (χ4n) is 1.32. The number of likely N-dealkylation sites (tertiary alicyclic amines) is 1. The molecule has 0 aliphatic carbocycles. The van der Waals surface area contributed by atoms with Crippen LogP contribution in [0.3, 0.4) is 0 Å². The fraction of sp³-hybridized carbons (Fsp3) is 0.857. The first kappa shape index (κ1) is 7.54. The number of primary amides is 1. The molecule has 0 aromatic heterocycles. The summed E-state index contributed by atoms with van der Waals surface area (Å²) in [7, 11) is 0. The topological polar surface area (TPSA) is 46.3 Å². The molecule has 0 aromatic carbocycles. The van der Waals surface area contributed by atoms with Crippen LogP contribution >= 0.6 is 0 Å². The second-order valence-electron chi connectivity index (χ2n) is 2.74. The summed E-state index contributed by atoms with van der Waals surface area (Å²) in [6, 6.07) is 0.0416. The summed E-state index contributed by atoms with van der Waals surface area (Å²) in [5.41, 5.74) is 5.14. The Labute approximate surface area is 61.2 Å². The monoisotopic (exact) mass is 142 g/mol. The summed E-state index contributed by atoms with van der Waals surface area (Å²) < 4.78 is 0. The van der Waals surface area contributed by atoms with Gasteiger partial charge in [-0.2, -0.15) is 0 Å². The van der Waals surface area contributed by atoms with Gasteiger partial charge in [0, 0.05) is 6.54 Å². The third-order valence-corrected chi connectivity index (χ3v) is 1.97. The summed E-state index contributed by atoms with van der Waals surface area (Å²) in [5, 5.41) is 0. The number of hydrogen-bond donors (Lipinski definition) is 1. The Balaban J connectivity index is 2.28. The molecular formula is C7H14N2O. The number of carbonyl (C=O) groups excluding carboxylic acids is 1. The molecule has 0 aromatic rings. The van der Waals surface area contributed by atoms with E-state index in [1.807, 2.05) is 0 Å². The highest BCUT2D eigenvalue weighted by molar-refractivity contribution is 5.80. The van der Waals surface area contributed by atoms with Crippen molar-refractivity contribution in [2.24, 2.45) is 5.73 Å². The van der Waals surface area contributed by atoms with Crippen LogP contribution in [-0.2, 0) is 4.79 Å². The molecule has 0 saturated carbocycles. The van der Waals surface area contributed by atoms with Gasteiger partial charge in [0.1, 0.15) is 0 Å². The van der Waals surface area contributed by atoms with Crippen molar-refractivity contribution in [3.63, 3.8) is 0 Å². The van der Waals surface area contributed by atoms with Gasteiger partial charge in [0.25, 0.3) is 0 Å². The zero-order valence-electron chi connectivity index (χ0n) is 6.34. The Hall–Kier alpha value is -0.570. The van der Waals surface area contributed by atoms with E-state index in [2.05, 4.69) is 11.8 Å². The zero-order valence-corrected chi connectivity index (χ0v) is 6.34. The molecule has 1 rings (SSSR count). The van der Waals surface area contributed by atoms with Crippen molar-refractivity contribution < 1.29 is 4.79 Å². The van der Waals surface area contributed by atoms with E-state index in [1.54, 1.807) is 0 Å². The molecule has 2 N–H and O–H groups in total. The summed E-state index contributed by atoms with van der Waals surface area (Å²) in [6.45, 7) is 4.16. The third-order valence-electron chi connectivity index (χ3n) is 1.97. The summed E-state index contributed by atoms with van der Waals surface area (Å²) >= 11 is 0. The Kier molecular flexibility index (Phi) is 2.27. The molecule has 10 heavy (non-hydrogen) atoms. The number of hydrogen-bond acceptors (Lipinski definition) is 2. The normalized spacial score (nSPS) is 25.9. The molecule has 1 aliphatic heterocycles. The Bertz CT molecular complexity index is 136. The summed E-state index contributed by atoms with van der Waals surface area (Å²) in [4.78, 5) is 12.8. The Morgan fingerprint density at radius 3 is 2.80 bits per heavy atom. The van der Waals surface area contributed by atoms with Gasteiger partial charge in [-0.1, -0.05) is 6.92 Å². The van der Waals surface area contributed by atoms with Crippen molar-refractivity contribution in [3.05, 3.63) is 0 Å². The smallest absolute Gasteiger partial charge is 0.234 e. The van der Waals surface area contributed by atoms with Crippen LogP contribution in [0.5, 0.6) is 0 Å². The minimum absolute atomic E-state index is 0.0416. The number of carbonyl (C=O) groups is 1. The molecule has 0 radical (unpaired) electrons. The van der Waals surface area contributed by atoms with Crippen LogP contribution < -0.4 is 5.73 Å². The predicted molar refractivity (Wildman–Crippen MR) is 39.5 cm³/mol. The van der Waals surface area contributed by atoms with E-state index >= 15 is 0 Å². The van der Waals surface area contributed by atoms with Crippen LogP contribution in [0, 0.1) is 0 Å². The van der Waals surface area contributed by atoms with Crippen molar-refractivity contribution in [1.82, 2.24) is 4.90 Å². The van der Waals surface area contributed by atoms with Gasteiger partial charge in [-0.3, -0.25) is 9.69 Å². The van der Waals surface area contributed by atoms with Crippen LogP contribution in [-0.4, -0.2) is 29.9 Å². The van der Waals surface area contributed by atoms with Crippen LogP contribution in [0.1, 0.15) is 19.8 Å². The molecule has 3 nitrogen and oxygen atoms in total. The molecule has 1 fully saturated rings. The van der Waals surface area contributed by atoms with Crippen LogP contribution in [0.2, 0.25) is 0 Å². The van der Waals surface area contributed by atoms with Crippen molar-refractivity contribution in [2.75, 3.05) is 13.1 Å². The van der Waals surface area contributed by atoms with E-state index in [-0.39, 0.29) is 11.9 Å². The third kappa shape index (κ3) is 1.29. The average molecular weight is 142 g/mol. The highest BCUT2D eigenvalue weighted by atomic mass is 16.1. The van der Waals surface area contributed by atoms with Gasteiger partial charge in [-0.15, -0.1) is 0 Å². The fourth-order valence-corrected chi connectivity index (χ4v) is 1.32. The highest BCUT2D eigenvalue weighted by Crippen LogP contribution is 2.16. The molecule has 1 heterocycles. The highest BCUT2D eigenvalue weighted by Gasteiger charge is 2.31. The lowest BCUT2D eigenvalue weighted by Gasteiger charge is -2.38. The van der Waals surface area contributed by atoms with Crippen molar-refractivity contribution in [2.45, 2.75) is 25.8 Å². The first-order chi connectivity index (χ1) is 4.75. The predicted octanol–water partition coefficient (Wildman–Crippen LogP) is -0.0440. The van der Waals surface area contributed by atoms with Gasteiger partial charge < -0.3 is 5.73 Å². The molecule has 1 saturated heterocycles. The van der Waals surface area contributed by atoms with Crippen LogP contribution in [0.25, 0.3) is 0 Å². The summed E-state index contributed by atoms with van der Waals surface area (Å²) in [5.74, 6) is -0.167. The molecule has 58 valence electrons. The average Bonchev–Trinajstić information content (AvgIpc) is 1.78. The molecule has 1 aliphatic rings. The number of amides is 1. The molecular weight excluding hydrogens is 128 g/mol. The number of nitrogens with two attached hydrogens (primary N) is 1. The van der Waals surface area contributed by atoms with Gasteiger partial charge in [0.05, 0.1) is 6.04 Å². The van der Waals surface area contributed by atoms with Crippen molar-refractivity contribution in [1.29, 1.82) is 0 Å². The van der Waals surface area contributed by atoms with Crippen LogP contribution in [0.15, 0.2) is 0 Å². The molecule has 1 atom stereocenters. The first-order valence-electron chi connectivity index (χ1n) is 3.79. The van der Waals surface area contributed by atoms with E-state index in [1.165, 1.54) is 0 Å². The molecule has 0 bridgehead atoms. The van der Waals surface area contributed by atoms with E-state index in [4.69, 9.17) is 5.73 Å². The minimum atomic E-state index is -0.167. The lowest BCUT2D eigenvalue weighted by atomic mass is 10.0. The molecule has 3 heteroatoms. The quantitative estimate of drug-likeness (QED) is 0.601. The molecule has 1 amide bonds. The SMILES string of the molecule is CCCN1CCC1C(N)=O. The lowest BCUT2D eigenvalue weighted by molar-refractivity contribution is -0.127. The summed E-state index contributed by atoms with van der Waals surface area (Å²) in [6.07, 6.45) is 2.05. The van der Waals surface area contributed by atoms with Crippen LogP contribution in [0.4, 0.5) is 0 Å². The molecule has 0 spiro atoms. The van der Waals surface area contributed by atoms with E-state index in [0.717, 1.165) is 25.9 Å². The minimum Gasteiger partial charge on any atom is -0.368 e. The Morgan fingerprint density at radius 2 is 2.50 bits per heavy atom. The maximum absolute atomic E-state index is 10.6. The van der Waals surface area contributed by atoms with Gasteiger partial charge >= 0.3 is 0 Å². The Morgan fingerprint density at radius 1 is 1.80 bits per heavy atom. The zero-order chi connectivity index (χ0) is 7.56. The van der Waals surface area contributed by atoms with Crippen molar-refractivity contribution in [3.8, 4) is 0 Å². The van der Waals surface area contributed by atoms with Gasteiger partial charge in [-0.25, -0.2) is 0 Å². The second-order valence-corrected chi connectivity index (χ2v) is 2.74. The van der Waals surface area contributed by atoms with Crippen molar-refractivity contribution >= 4 is 5.91 Å². The maximum Gasteiger partial charge on any atom is 0.234 e. The van der Waals surface area contributed by atoms with Gasteiger partial charge in [0.2, 0.25) is 5.91 Å². The second kappa shape index (κ2) is 3.01. The van der Waals surface area contributed by atoms with E-state index < -0.39 is 0 Å². The molecule has 1 unspecified atom stereocenters. The lowest BCUT2D eigenvalue weighted by Crippen LogP contribution is -2.54. The maximum atomic E-state index is 10.6.